The number of halogens is 3. The van der Waals surface area contributed by atoms with E-state index < -0.39 is 17.6 Å². The molecule has 3 heterocycles. The van der Waals surface area contributed by atoms with Gasteiger partial charge in [0, 0.05) is 35.8 Å². The first-order valence-corrected chi connectivity index (χ1v) is 8.17. The minimum absolute atomic E-state index is 0.262. The van der Waals surface area contributed by atoms with Gasteiger partial charge in [-0.1, -0.05) is 6.92 Å². The van der Waals surface area contributed by atoms with Crippen LogP contribution >= 0.6 is 11.3 Å². The Bertz CT molecular complexity index is 766. The van der Waals surface area contributed by atoms with Gasteiger partial charge in [0.25, 0.3) is 5.56 Å². The number of H-pyrrole nitrogens is 1. The maximum absolute atomic E-state index is 12.7. The molecule has 0 amide bonds. The highest BCUT2D eigenvalue weighted by molar-refractivity contribution is 7.11. The molecule has 0 atom stereocenters. The summed E-state index contributed by atoms with van der Waals surface area (Å²) in [6.07, 6.45) is -3.29. The summed E-state index contributed by atoms with van der Waals surface area (Å²) in [5.41, 5.74) is -0.0817. The Hall–Kier alpha value is -1.67. The molecule has 8 heteroatoms. The first-order chi connectivity index (χ1) is 10.9. The average Bonchev–Trinajstić information content (AvgIpc) is 2.94. The molecule has 2 aromatic heterocycles. The van der Waals surface area contributed by atoms with E-state index in [-0.39, 0.29) is 5.69 Å². The molecule has 1 aliphatic rings. The highest BCUT2D eigenvalue weighted by Gasteiger charge is 2.35. The van der Waals surface area contributed by atoms with Crippen LogP contribution in [-0.4, -0.2) is 21.4 Å². The van der Waals surface area contributed by atoms with Gasteiger partial charge in [-0.25, -0.2) is 4.98 Å². The third-order valence-electron chi connectivity index (χ3n) is 3.86. The summed E-state index contributed by atoms with van der Waals surface area (Å²) in [4.78, 5) is 22.0. The molecule has 0 saturated carbocycles. The molecule has 0 radical (unpaired) electrons. The van der Waals surface area contributed by atoms with E-state index >= 15 is 0 Å². The van der Waals surface area contributed by atoms with E-state index in [9.17, 15) is 18.0 Å². The normalized spacial score (nSPS) is 15.7. The Morgan fingerprint density at radius 1 is 1.35 bits per heavy atom. The van der Waals surface area contributed by atoms with Crippen LogP contribution in [0.1, 0.15) is 33.8 Å². The summed E-state index contributed by atoms with van der Waals surface area (Å²) >= 11 is 1.73. The molecule has 0 fully saturated rings. The van der Waals surface area contributed by atoms with Crippen molar-refractivity contribution in [3.63, 3.8) is 0 Å². The van der Waals surface area contributed by atoms with E-state index in [1.807, 2.05) is 4.98 Å². The molecule has 0 spiro atoms. The fourth-order valence-electron chi connectivity index (χ4n) is 2.67. The number of aromatic nitrogens is 2. The van der Waals surface area contributed by atoms with E-state index in [4.69, 9.17) is 0 Å². The number of fused-ring (bicyclic) bond motifs is 1. The van der Waals surface area contributed by atoms with Crippen LogP contribution in [0.2, 0.25) is 0 Å². The van der Waals surface area contributed by atoms with Crippen molar-refractivity contribution >= 4 is 11.3 Å². The van der Waals surface area contributed by atoms with E-state index in [0.717, 1.165) is 6.42 Å². The van der Waals surface area contributed by atoms with Crippen molar-refractivity contribution in [3.05, 3.63) is 49.3 Å². The number of nitrogens with zero attached hydrogens (tertiary/aromatic N) is 2. The number of rotatable bonds is 3. The fraction of sp³-hybridized carbons (Fsp3) is 0.467. The lowest BCUT2D eigenvalue weighted by Gasteiger charge is -2.27. The van der Waals surface area contributed by atoms with Gasteiger partial charge in [0.05, 0.1) is 11.3 Å². The molecule has 3 rings (SSSR count). The minimum atomic E-state index is -4.63. The second-order valence-corrected chi connectivity index (χ2v) is 6.77. The first-order valence-electron chi connectivity index (χ1n) is 7.36. The summed E-state index contributed by atoms with van der Waals surface area (Å²) in [5.74, 6) is -1.21. The van der Waals surface area contributed by atoms with Crippen molar-refractivity contribution in [2.45, 2.75) is 39.0 Å². The zero-order valence-electron chi connectivity index (χ0n) is 12.5. The van der Waals surface area contributed by atoms with Gasteiger partial charge in [-0.3, -0.25) is 9.69 Å². The smallest absolute Gasteiger partial charge is 0.303 e. The van der Waals surface area contributed by atoms with E-state index in [1.54, 1.807) is 11.3 Å². The summed E-state index contributed by atoms with van der Waals surface area (Å²) in [6.45, 7) is 3.72. The maximum atomic E-state index is 12.7. The molecule has 0 aliphatic carbocycles. The van der Waals surface area contributed by atoms with Crippen LogP contribution in [0.15, 0.2) is 16.9 Å². The first kappa shape index (κ1) is 16.2. The lowest BCUT2D eigenvalue weighted by atomic mass is 10.1. The zero-order valence-corrected chi connectivity index (χ0v) is 13.4. The van der Waals surface area contributed by atoms with Crippen molar-refractivity contribution in [2.75, 3.05) is 6.54 Å². The van der Waals surface area contributed by atoms with Crippen LogP contribution in [0.25, 0.3) is 0 Å². The lowest BCUT2D eigenvalue weighted by molar-refractivity contribution is -0.145. The van der Waals surface area contributed by atoms with Crippen molar-refractivity contribution in [3.8, 4) is 0 Å². The third-order valence-corrected chi connectivity index (χ3v) is 5.08. The van der Waals surface area contributed by atoms with Crippen LogP contribution in [0.5, 0.6) is 0 Å². The summed E-state index contributed by atoms with van der Waals surface area (Å²) in [5, 5.41) is 0. The number of nitrogens with one attached hydrogen (secondary N) is 1. The minimum Gasteiger partial charge on any atom is -0.303 e. The van der Waals surface area contributed by atoms with Crippen molar-refractivity contribution in [2.24, 2.45) is 0 Å². The van der Waals surface area contributed by atoms with Crippen molar-refractivity contribution in [1.82, 2.24) is 14.9 Å². The predicted octanol–water partition coefficient (Wildman–Crippen LogP) is 2.97. The van der Waals surface area contributed by atoms with Gasteiger partial charge in [-0.2, -0.15) is 13.2 Å². The number of aryl methyl sites for hydroxylation is 1. The van der Waals surface area contributed by atoms with Crippen LogP contribution in [-0.2, 0) is 32.1 Å². The van der Waals surface area contributed by atoms with Gasteiger partial charge < -0.3 is 4.98 Å². The molecule has 0 saturated heterocycles. The van der Waals surface area contributed by atoms with Gasteiger partial charge in [-0.15, -0.1) is 11.3 Å². The summed E-state index contributed by atoms with van der Waals surface area (Å²) in [6, 6.07) is 4.15. The average molecular weight is 343 g/mol. The second-order valence-electron chi connectivity index (χ2n) is 5.52. The van der Waals surface area contributed by atoms with Gasteiger partial charge in [0.2, 0.25) is 5.82 Å². The maximum Gasteiger partial charge on any atom is 0.449 e. The van der Waals surface area contributed by atoms with Gasteiger partial charge in [0.15, 0.2) is 0 Å². The Balaban J connectivity index is 1.79. The Morgan fingerprint density at radius 3 is 2.74 bits per heavy atom. The molecule has 2 aromatic rings. The predicted molar refractivity (Wildman–Crippen MR) is 81.4 cm³/mol. The van der Waals surface area contributed by atoms with E-state index in [0.29, 0.717) is 31.6 Å². The van der Waals surface area contributed by atoms with Gasteiger partial charge >= 0.3 is 6.18 Å². The quantitative estimate of drug-likeness (QED) is 0.932. The van der Waals surface area contributed by atoms with Gasteiger partial charge in [0.1, 0.15) is 0 Å². The monoisotopic (exact) mass is 343 g/mol. The van der Waals surface area contributed by atoms with Crippen LogP contribution in [0.4, 0.5) is 13.2 Å². The van der Waals surface area contributed by atoms with Gasteiger partial charge in [-0.05, 0) is 18.6 Å². The lowest BCUT2D eigenvalue weighted by Crippen LogP contribution is -2.36. The van der Waals surface area contributed by atoms with Crippen LogP contribution < -0.4 is 5.56 Å². The van der Waals surface area contributed by atoms with E-state index in [2.05, 4.69) is 28.9 Å². The zero-order chi connectivity index (χ0) is 16.6. The van der Waals surface area contributed by atoms with E-state index in [1.165, 1.54) is 9.75 Å². The molecule has 0 bridgehead atoms. The Kier molecular flexibility index (Phi) is 4.29. The highest BCUT2D eigenvalue weighted by atomic mass is 32.1. The second kappa shape index (κ2) is 6.09. The van der Waals surface area contributed by atoms with Crippen LogP contribution in [0, 0.1) is 0 Å². The topological polar surface area (TPSA) is 49.0 Å². The molecule has 4 nitrogen and oxygen atoms in total. The number of aromatic amines is 1. The standard InChI is InChI=1S/C15H16F3N3OS/c1-2-9-3-4-10(23-9)7-21-6-5-12-11(8-21)13(22)20-14(19-12)15(16,17)18/h3-4H,2,5-8H2,1H3,(H,19,20,22). The molecule has 1 aliphatic heterocycles. The molecule has 0 aromatic carbocycles. The third kappa shape index (κ3) is 3.48. The highest BCUT2D eigenvalue weighted by Crippen LogP contribution is 2.27. The molecule has 124 valence electrons. The summed E-state index contributed by atoms with van der Waals surface area (Å²) < 4.78 is 38.1. The molecular formula is C15H16F3N3OS. The Labute approximate surface area is 135 Å². The Morgan fingerprint density at radius 2 is 2.09 bits per heavy atom. The van der Waals surface area contributed by atoms with Crippen molar-refractivity contribution < 1.29 is 13.2 Å². The number of alkyl halides is 3. The number of hydrogen-bond acceptors (Lipinski definition) is 4. The van der Waals surface area contributed by atoms with Crippen LogP contribution in [0.3, 0.4) is 0 Å². The fourth-order valence-corrected chi connectivity index (χ4v) is 3.67. The largest absolute Gasteiger partial charge is 0.449 e. The number of thiophene rings is 1. The molecule has 23 heavy (non-hydrogen) atoms. The molecule has 1 N–H and O–H groups in total. The van der Waals surface area contributed by atoms with Crippen molar-refractivity contribution in [1.29, 1.82) is 0 Å². The molecular weight excluding hydrogens is 327 g/mol. The SMILES string of the molecule is CCc1ccc(CN2CCc3nc(C(F)(F)F)[nH]c(=O)c3C2)s1. The molecule has 0 unspecified atom stereocenters. The summed E-state index contributed by atoms with van der Waals surface area (Å²) in [7, 11) is 0. The number of hydrogen-bond donors (Lipinski definition) is 1.